The van der Waals surface area contributed by atoms with Crippen molar-refractivity contribution in [3.05, 3.63) is 18.1 Å². The molecule has 1 heterocycles. The van der Waals surface area contributed by atoms with Gasteiger partial charge in [-0.2, -0.15) is 0 Å². The average molecular weight is 282 g/mol. The summed E-state index contributed by atoms with van der Waals surface area (Å²) in [5.74, 6) is 0.739. The summed E-state index contributed by atoms with van der Waals surface area (Å²) in [5, 5.41) is 6.56. The first-order chi connectivity index (χ1) is 9.44. The van der Waals surface area contributed by atoms with Crippen molar-refractivity contribution in [1.29, 1.82) is 0 Å². The zero-order chi connectivity index (χ0) is 15.0. The van der Waals surface area contributed by atoms with Gasteiger partial charge in [0.2, 0.25) is 0 Å². The van der Waals surface area contributed by atoms with Crippen LogP contribution in [0.15, 0.2) is 12.4 Å². The summed E-state index contributed by atoms with van der Waals surface area (Å²) in [6.45, 7) is 8.26. The van der Waals surface area contributed by atoms with Gasteiger partial charge in [-0.05, 0) is 20.8 Å². The fourth-order valence-electron chi connectivity index (χ4n) is 1.51. The molecule has 2 N–H and O–H groups in total. The van der Waals surface area contributed by atoms with Gasteiger partial charge in [0.05, 0.1) is 30.8 Å². The molecule has 0 aliphatic heterocycles. The second kappa shape index (κ2) is 8.14. The molecule has 0 spiro atoms. The van der Waals surface area contributed by atoms with Crippen molar-refractivity contribution < 1.29 is 9.47 Å². The molecule has 20 heavy (non-hydrogen) atoms. The van der Waals surface area contributed by atoms with Crippen LogP contribution < -0.4 is 10.6 Å². The van der Waals surface area contributed by atoms with Gasteiger partial charge in [0.25, 0.3) is 0 Å². The number of nitrogens with one attached hydrogen (secondary N) is 2. The molecular formula is C14H26N4O2. The largest absolute Gasteiger partial charge is 0.382 e. The Morgan fingerprint density at radius 2 is 1.95 bits per heavy atom. The van der Waals surface area contributed by atoms with E-state index in [4.69, 9.17) is 9.47 Å². The number of aromatic nitrogens is 2. The van der Waals surface area contributed by atoms with Crippen molar-refractivity contribution in [3.63, 3.8) is 0 Å². The molecule has 0 fully saturated rings. The Morgan fingerprint density at radius 3 is 2.45 bits per heavy atom. The van der Waals surface area contributed by atoms with Gasteiger partial charge >= 0.3 is 0 Å². The van der Waals surface area contributed by atoms with Crippen LogP contribution in [-0.2, 0) is 16.0 Å². The summed E-state index contributed by atoms with van der Waals surface area (Å²) in [7, 11) is 3.32. The lowest BCUT2D eigenvalue weighted by Crippen LogP contribution is -2.35. The minimum Gasteiger partial charge on any atom is -0.382 e. The predicted molar refractivity (Wildman–Crippen MR) is 79.8 cm³/mol. The van der Waals surface area contributed by atoms with Crippen LogP contribution in [0.2, 0.25) is 0 Å². The van der Waals surface area contributed by atoms with Gasteiger partial charge in [-0.25, -0.2) is 4.98 Å². The van der Waals surface area contributed by atoms with E-state index in [-0.39, 0.29) is 11.6 Å². The molecule has 1 rings (SSSR count). The summed E-state index contributed by atoms with van der Waals surface area (Å²) < 4.78 is 10.3. The van der Waals surface area contributed by atoms with E-state index in [0.29, 0.717) is 19.7 Å². The summed E-state index contributed by atoms with van der Waals surface area (Å²) in [6, 6.07) is 0. The van der Waals surface area contributed by atoms with Crippen LogP contribution in [0.5, 0.6) is 0 Å². The molecule has 0 aliphatic carbocycles. The van der Waals surface area contributed by atoms with Crippen LogP contribution >= 0.6 is 0 Å². The van der Waals surface area contributed by atoms with Gasteiger partial charge in [-0.3, -0.25) is 4.98 Å². The molecule has 0 bridgehead atoms. The molecule has 6 heteroatoms. The molecule has 1 aromatic heterocycles. The smallest absolute Gasteiger partial charge is 0.144 e. The van der Waals surface area contributed by atoms with Gasteiger partial charge in [-0.15, -0.1) is 0 Å². The van der Waals surface area contributed by atoms with Crippen molar-refractivity contribution in [1.82, 2.24) is 15.3 Å². The minimum atomic E-state index is 0.00373. The summed E-state index contributed by atoms with van der Waals surface area (Å²) in [4.78, 5) is 8.71. The maximum atomic E-state index is 5.27. The van der Waals surface area contributed by atoms with Crippen molar-refractivity contribution >= 4 is 5.82 Å². The highest BCUT2D eigenvalue weighted by Crippen LogP contribution is 2.05. The second-order valence-electron chi connectivity index (χ2n) is 5.69. The first-order valence-corrected chi connectivity index (χ1v) is 6.76. The Bertz CT molecular complexity index is 376. The maximum Gasteiger partial charge on any atom is 0.144 e. The number of methoxy groups -OCH3 is 2. The van der Waals surface area contributed by atoms with E-state index in [0.717, 1.165) is 11.5 Å². The Morgan fingerprint density at radius 1 is 1.20 bits per heavy atom. The van der Waals surface area contributed by atoms with Gasteiger partial charge in [-0.1, -0.05) is 0 Å². The van der Waals surface area contributed by atoms with Crippen molar-refractivity contribution in [2.75, 3.05) is 32.7 Å². The normalized spacial score (nSPS) is 13.2. The maximum absolute atomic E-state index is 5.27. The van der Waals surface area contributed by atoms with E-state index in [1.807, 2.05) is 0 Å². The first kappa shape index (κ1) is 16.8. The zero-order valence-electron chi connectivity index (χ0n) is 13.1. The van der Waals surface area contributed by atoms with E-state index in [1.165, 1.54) is 0 Å². The zero-order valence-corrected chi connectivity index (χ0v) is 13.1. The molecule has 1 aromatic rings. The monoisotopic (exact) mass is 282 g/mol. The third-order valence-corrected chi connectivity index (χ3v) is 2.70. The van der Waals surface area contributed by atoms with Gasteiger partial charge in [0.1, 0.15) is 5.82 Å². The third kappa shape index (κ3) is 6.79. The molecule has 0 radical (unpaired) electrons. The van der Waals surface area contributed by atoms with Crippen LogP contribution in [0.25, 0.3) is 0 Å². The van der Waals surface area contributed by atoms with E-state index in [1.54, 1.807) is 26.6 Å². The summed E-state index contributed by atoms with van der Waals surface area (Å²) in [5.41, 5.74) is 0.996. The fraction of sp³-hybridized carbons (Fsp3) is 0.714. The molecule has 0 saturated heterocycles. The Labute approximate surface area is 121 Å². The van der Waals surface area contributed by atoms with Crippen LogP contribution in [-0.4, -0.2) is 49.0 Å². The highest BCUT2D eigenvalue weighted by Gasteiger charge is 2.09. The van der Waals surface area contributed by atoms with Crippen LogP contribution in [0, 0.1) is 0 Å². The van der Waals surface area contributed by atoms with Crippen molar-refractivity contribution in [3.8, 4) is 0 Å². The van der Waals surface area contributed by atoms with E-state index >= 15 is 0 Å². The molecule has 0 saturated carbocycles. The van der Waals surface area contributed by atoms with Gasteiger partial charge in [0.15, 0.2) is 0 Å². The molecule has 0 amide bonds. The standard InChI is InChI=1S/C14H26N4O2/c1-14(2,3)18-7-11-6-16-13(9-15-11)17-8-12(20-5)10-19-4/h6,9,12,18H,7-8,10H2,1-5H3,(H,16,17). The fourth-order valence-corrected chi connectivity index (χ4v) is 1.51. The lowest BCUT2D eigenvalue weighted by atomic mass is 10.1. The van der Waals surface area contributed by atoms with E-state index in [9.17, 15) is 0 Å². The first-order valence-electron chi connectivity index (χ1n) is 6.76. The molecule has 6 nitrogen and oxygen atoms in total. The lowest BCUT2D eigenvalue weighted by molar-refractivity contribution is 0.0365. The minimum absolute atomic E-state index is 0.00373. The topological polar surface area (TPSA) is 68.3 Å². The highest BCUT2D eigenvalue weighted by atomic mass is 16.5. The quantitative estimate of drug-likeness (QED) is 0.752. The molecule has 0 aromatic carbocycles. The number of hydrogen-bond acceptors (Lipinski definition) is 6. The molecular weight excluding hydrogens is 256 g/mol. The Balaban J connectivity index is 2.42. The molecule has 1 atom stereocenters. The molecule has 0 aliphatic rings. The van der Waals surface area contributed by atoms with E-state index < -0.39 is 0 Å². The van der Waals surface area contributed by atoms with Gasteiger partial charge < -0.3 is 20.1 Å². The molecule has 1 unspecified atom stereocenters. The van der Waals surface area contributed by atoms with E-state index in [2.05, 4.69) is 41.4 Å². The lowest BCUT2D eigenvalue weighted by Gasteiger charge is -2.20. The average Bonchev–Trinajstić information content (AvgIpc) is 2.41. The summed E-state index contributed by atoms with van der Waals surface area (Å²) in [6.07, 6.45) is 3.52. The van der Waals surface area contributed by atoms with Crippen molar-refractivity contribution in [2.24, 2.45) is 0 Å². The highest BCUT2D eigenvalue weighted by molar-refractivity contribution is 5.31. The van der Waals surface area contributed by atoms with Crippen LogP contribution in [0.4, 0.5) is 5.82 Å². The number of hydrogen-bond donors (Lipinski definition) is 2. The SMILES string of the molecule is COCC(CNc1cnc(CNC(C)(C)C)cn1)OC. The Kier molecular flexibility index (Phi) is 6.84. The van der Waals surface area contributed by atoms with Crippen LogP contribution in [0.3, 0.4) is 0 Å². The van der Waals surface area contributed by atoms with Gasteiger partial charge in [0, 0.05) is 32.8 Å². The summed E-state index contributed by atoms with van der Waals surface area (Å²) >= 11 is 0. The Hall–Kier alpha value is -1.24. The molecule has 114 valence electrons. The number of rotatable bonds is 8. The third-order valence-electron chi connectivity index (χ3n) is 2.70. The number of anilines is 1. The number of ether oxygens (including phenoxy) is 2. The van der Waals surface area contributed by atoms with Crippen LogP contribution in [0.1, 0.15) is 26.5 Å². The predicted octanol–water partition coefficient (Wildman–Crippen LogP) is 1.44. The number of nitrogens with zero attached hydrogens (tertiary/aromatic N) is 2. The second-order valence-corrected chi connectivity index (χ2v) is 5.69. The van der Waals surface area contributed by atoms with Crippen molar-refractivity contribution in [2.45, 2.75) is 39.0 Å².